The van der Waals surface area contributed by atoms with Gasteiger partial charge in [-0.1, -0.05) is 0 Å². The first kappa shape index (κ1) is 20.3. The first-order valence-electron chi connectivity index (χ1n) is 11.0. The normalized spacial score (nSPS) is 25.7. The third kappa shape index (κ3) is 5.76. The molecule has 0 unspecified atom stereocenters. The third-order valence-corrected chi connectivity index (χ3v) is 6.37. The van der Waals surface area contributed by atoms with Crippen LogP contribution in [0.15, 0.2) is 24.5 Å². The van der Waals surface area contributed by atoms with Gasteiger partial charge in [-0.15, -0.1) is 0 Å². The molecule has 2 aliphatic heterocycles. The summed E-state index contributed by atoms with van der Waals surface area (Å²) in [5.41, 5.74) is 0.589. The van der Waals surface area contributed by atoms with E-state index < -0.39 is 0 Å². The highest BCUT2D eigenvalue weighted by Gasteiger charge is 2.38. The van der Waals surface area contributed by atoms with Crippen LogP contribution in [0.3, 0.4) is 0 Å². The molecular weight excluding hydrogens is 368 g/mol. The second-order valence-electron chi connectivity index (χ2n) is 8.64. The van der Waals surface area contributed by atoms with Crippen LogP contribution in [0.4, 0.5) is 0 Å². The maximum Gasteiger partial charge on any atom is 0.252 e. The monoisotopic (exact) mass is 400 g/mol. The maximum absolute atomic E-state index is 12.6. The molecule has 1 aliphatic carbocycles. The molecule has 4 rings (SSSR count). The molecule has 158 valence electrons. The fraction of sp³-hybridized carbons (Fsp3) is 0.682. The van der Waals surface area contributed by atoms with Crippen LogP contribution in [0, 0.1) is 5.92 Å². The summed E-state index contributed by atoms with van der Waals surface area (Å²) in [5, 5.41) is 6.27. The van der Waals surface area contributed by atoms with Gasteiger partial charge in [-0.3, -0.25) is 19.5 Å². The minimum Gasteiger partial charge on any atom is -0.381 e. The number of rotatable bonds is 8. The molecule has 0 radical (unpaired) electrons. The predicted octanol–water partition coefficient (Wildman–Crippen LogP) is 1.74. The van der Waals surface area contributed by atoms with Crippen LogP contribution in [-0.4, -0.2) is 66.1 Å². The van der Waals surface area contributed by atoms with Crippen molar-refractivity contribution in [2.24, 2.45) is 5.92 Å². The van der Waals surface area contributed by atoms with E-state index in [0.717, 1.165) is 51.4 Å². The fourth-order valence-corrected chi connectivity index (χ4v) is 4.50. The van der Waals surface area contributed by atoms with Crippen molar-refractivity contribution in [3.05, 3.63) is 30.1 Å². The van der Waals surface area contributed by atoms with Crippen LogP contribution in [0.5, 0.6) is 0 Å². The summed E-state index contributed by atoms with van der Waals surface area (Å²) >= 11 is 0. The van der Waals surface area contributed by atoms with Crippen LogP contribution in [0.1, 0.15) is 55.3 Å². The maximum atomic E-state index is 12.6. The summed E-state index contributed by atoms with van der Waals surface area (Å²) in [6.07, 6.45) is 10.2. The summed E-state index contributed by atoms with van der Waals surface area (Å²) < 4.78 is 5.38. The number of amides is 2. The number of likely N-dealkylation sites (tertiary alicyclic amines) is 1. The van der Waals surface area contributed by atoms with Crippen molar-refractivity contribution in [3.63, 3.8) is 0 Å². The zero-order valence-electron chi connectivity index (χ0n) is 17.0. The molecule has 29 heavy (non-hydrogen) atoms. The molecule has 1 aromatic rings. The number of aromatic nitrogens is 1. The lowest BCUT2D eigenvalue weighted by molar-refractivity contribution is -0.123. The van der Waals surface area contributed by atoms with Gasteiger partial charge in [0.15, 0.2) is 0 Å². The topological polar surface area (TPSA) is 83.6 Å². The van der Waals surface area contributed by atoms with Gasteiger partial charge >= 0.3 is 0 Å². The largest absolute Gasteiger partial charge is 0.381 e. The number of nitrogens with one attached hydrogen (secondary N) is 2. The molecule has 0 spiro atoms. The Morgan fingerprint density at radius 1 is 1.10 bits per heavy atom. The van der Waals surface area contributed by atoms with Crippen molar-refractivity contribution in [2.75, 3.05) is 26.3 Å². The fourth-order valence-electron chi connectivity index (χ4n) is 4.50. The summed E-state index contributed by atoms with van der Waals surface area (Å²) in [7, 11) is 0. The zero-order chi connectivity index (χ0) is 20.1. The quantitative estimate of drug-likeness (QED) is 0.695. The standard InChI is InChI=1S/C22H32N4O3/c27-21(25-18-7-10-29-11-8-18)12-19-5-6-20(26(19)15-16-3-4-16)14-24-22(28)17-2-1-9-23-13-17/h1-2,9,13,16,18-20H,3-8,10-12,14-15H2,(H,24,28)(H,25,27)/t19-,20+/m1/s1. The van der Waals surface area contributed by atoms with Gasteiger partial charge in [-0.2, -0.15) is 0 Å². The second kappa shape index (κ2) is 9.67. The van der Waals surface area contributed by atoms with E-state index in [2.05, 4.69) is 20.5 Å². The molecular formula is C22H32N4O3. The molecule has 3 heterocycles. The first-order chi connectivity index (χ1) is 14.2. The van der Waals surface area contributed by atoms with Gasteiger partial charge < -0.3 is 15.4 Å². The molecule has 7 nitrogen and oxygen atoms in total. The molecule has 2 N–H and O–H groups in total. The smallest absolute Gasteiger partial charge is 0.252 e. The number of pyridine rings is 1. The van der Waals surface area contributed by atoms with Crippen LogP contribution in [-0.2, 0) is 9.53 Å². The number of ether oxygens (including phenoxy) is 1. The van der Waals surface area contributed by atoms with Crippen molar-refractivity contribution >= 4 is 11.8 Å². The molecule has 2 saturated heterocycles. The number of nitrogens with zero attached hydrogens (tertiary/aromatic N) is 2. The Hall–Kier alpha value is -1.99. The van der Waals surface area contributed by atoms with E-state index in [1.807, 2.05) is 0 Å². The van der Waals surface area contributed by atoms with Crippen LogP contribution in [0.25, 0.3) is 0 Å². The number of hydrogen-bond donors (Lipinski definition) is 2. The Bertz CT molecular complexity index is 689. The molecule has 0 aromatic carbocycles. The van der Waals surface area contributed by atoms with Crippen molar-refractivity contribution in [3.8, 4) is 0 Å². The lowest BCUT2D eigenvalue weighted by atomic mass is 10.1. The van der Waals surface area contributed by atoms with Crippen molar-refractivity contribution in [1.29, 1.82) is 0 Å². The summed E-state index contributed by atoms with van der Waals surface area (Å²) in [5.74, 6) is 0.832. The third-order valence-electron chi connectivity index (χ3n) is 6.37. The lowest BCUT2D eigenvalue weighted by Gasteiger charge is -2.31. The zero-order valence-corrected chi connectivity index (χ0v) is 17.0. The van der Waals surface area contributed by atoms with Crippen LogP contribution in [0.2, 0.25) is 0 Å². The van der Waals surface area contributed by atoms with Crippen LogP contribution >= 0.6 is 0 Å². The van der Waals surface area contributed by atoms with Gasteiger partial charge in [0.05, 0.1) is 5.56 Å². The number of carbonyl (C=O) groups is 2. The summed E-state index contributed by atoms with van der Waals surface area (Å²) in [6.45, 7) is 3.14. The number of carbonyl (C=O) groups excluding carboxylic acids is 2. The minimum atomic E-state index is -0.0785. The predicted molar refractivity (Wildman–Crippen MR) is 109 cm³/mol. The van der Waals surface area contributed by atoms with Gasteiger partial charge in [0.25, 0.3) is 5.91 Å². The molecule has 1 aromatic heterocycles. The Balaban J connectivity index is 1.30. The second-order valence-corrected chi connectivity index (χ2v) is 8.64. The van der Waals surface area contributed by atoms with Crippen molar-refractivity contribution in [1.82, 2.24) is 20.5 Å². The summed E-state index contributed by atoms with van der Waals surface area (Å²) in [6, 6.07) is 4.39. The van der Waals surface area contributed by atoms with E-state index in [-0.39, 0.29) is 23.9 Å². The molecule has 7 heteroatoms. The van der Waals surface area contributed by atoms with E-state index >= 15 is 0 Å². The first-order valence-corrected chi connectivity index (χ1v) is 11.0. The van der Waals surface area contributed by atoms with Crippen LogP contribution < -0.4 is 10.6 Å². The highest BCUT2D eigenvalue weighted by molar-refractivity contribution is 5.93. The molecule has 1 saturated carbocycles. The average molecular weight is 401 g/mol. The Morgan fingerprint density at radius 2 is 1.90 bits per heavy atom. The SMILES string of the molecule is O=C(C[C@H]1CC[C@@H](CNC(=O)c2cccnc2)N1CC1CC1)NC1CCOCC1. The van der Waals surface area contributed by atoms with Gasteiger partial charge in [-0.25, -0.2) is 0 Å². The van der Waals surface area contributed by atoms with Crippen molar-refractivity contribution in [2.45, 2.75) is 63.1 Å². The average Bonchev–Trinajstić information content (AvgIpc) is 3.49. The molecule has 3 aliphatic rings. The van der Waals surface area contributed by atoms with E-state index in [0.29, 0.717) is 24.6 Å². The van der Waals surface area contributed by atoms with Gasteiger partial charge in [0.2, 0.25) is 5.91 Å². The van der Waals surface area contributed by atoms with Gasteiger partial charge in [0.1, 0.15) is 0 Å². The molecule has 3 fully saturated rings. The molecule has 2 atom stereocenters. The highest BCUT2D eigenvalue weighted by atomic mass is 16.5. The van der Waals surface area contributed by atoms with E-state index in [4.69, 9.17) is 4.74 Å². The highest BCUT2D eigenvalue weighted by Crippen LogP contribution is 2.35. The molecule has 2 amide bonds. The van der Waals surface area contributed by atoms with E-state index in [1.54, 1.807) is 24.5 Å². The lowest BCUT2D eigenvalue weighted by Crippen LogP contribution is -2.46. The van der Waals surface area contributed by atoms with Crippen molar-refractivity contribution < 1.29 is 14.3 Å². The van der Waals surface area contributed by atoms with E-state index in [9.17, 15) is 9.59 Å². The Kier molecular flexibility index (Phi) is 6.77. The van der Waals surface area contributed by atoms with Gasteiger partial charge in [0, 0.05) is 63.2 Å². The minimum absolute atomic E-state index is 0.0785. The van der Waals surface area contributed by atoms with Gasteiger partial charge in [-0.05, 0) is 56.6 Å². The van der Waals surface area contributed by atoms with E-state index in [1.165, 1.54) is 12.8 Å². The number of hydrogen-bond acceptors (Lipinski definition) is 5. The Labute approximate surface area is 172 Å². The Morgan fingerprint density at radius 3 is 2.62 bits per heavy atom. The molecule has 0 bridgehead atoms. The summed E-state index contributed by atoms with van der Waals surface area (Å²) in [4.78, 5) is 31.5.